The Balaban J connectivity index is 1.53. The van der Waals surface area contributed by atoms with Crippen molar-refractivity contribution in [2.75, 3.05) is 13.1 Å². The highest BCUT2D eigenvalue weighted by atomic mass is 35.5. The predicted octanol–water partition coefficient (Wildman–Crippen LogP) is 3.84. The summed E-state index contributed by atoms with van der Waals surface area (Å²) in [6, 6.07) is 9.14. The topological polar surface area (TPSA) is 15.3 Å². The van der Waals surface area contributed by atoms with E-state index >= 15 is 0 Å². The van der Waals surface area contributed by atoms with Gasteiger partial charge in [0.1, 0.15) is 0 Å². The van der Waals surface area contributed by atoms with E-state index in [9.17, 15) is 0 Å². The zero-order chi connectivity index (χ0) is 14.3. The fourth-order valence-corrected chi connectivity index (χ4v) is 4.60. The Morgan fingerprint density at radius 2 is 2.05 bits per heavy atom. The van der Waals surface area contributed by atoms with Crippen LogP contribution in [-0.4, -0.2) is 29.6 Å². The predicted molar refractivity (Wildman–Crippen MR) is 87.6 cm³/mol. The van der Waals surface area contributed by atoms with Crippen LogP contribution in [-0.2, 0) is 6.54 Å². The SMILES string of the molecule is Clc1cccc(CN2CC3(CCCC3)NCC2C2CC2)c1. The van der Waals surface area contributed by atoms with E-state index in [1.165, 1.54) is 57.2 Å². The van der Waals surface area contributed by atoms with Gasteiger partial charge < -0.3 is 5.32 Å². The molecule has 114 valence electrons. The molecule has 0 radical (unpaired) electrons. The average Bonchev–Trinajstić information content (AvgIpc) is 3.21. The van der Waals surface area contributed by atoms with Gasteiger partial charge in [0.15, 0.2) is 0 Å². The monoisotopic (exact) mass is 304 g/mol. The van der Waals surface area contributed by atoms with Gasteiger partial charge in [0.25, 0.3) is 0 Å². The van der Waals surface area contributed by atoms with Crippen LogP contribution in [0.15, 0.2) is 24.3 Å². The van der Waals surface area contributed by atoms with Gasteiger partial charge in [0.05, 0.1) is 0 Å². The van der Waals surface area contributed by atoms with Crippen LogP contribution in [0.1, 0.15) is 44.1 Å². The number of nitrogens with one attached hydrogen (secondary N) is 1. The second-order valence-electron chi connectivity index (χ2n) is 7.31. The molecule has 1 unspecified atom stereocenters. The Kier molecular flexibility index (Phi) is 3.72. The smallest absolute Gasteiger partial charge is 0.0409 e. The van der Waals surface area contributed by atoms with Gasteiger partial charge in [-0.2, -0.15) is 0 Å². The van der Waals surface area contributed by atoms with Gasteiger partial charge in [-0.05, 0) is 49.3 Å². The van der Waals surface area contributed by atoms with Gasteiger partial charge in [-0.25, -0.2) is 0 Å². The van der Waals surface area contributed by atoms with Gasteiger partial charge in [-0.1, -0.05) is 36.6 Å². The molecule has 1 aliphatic heterocycles. The molecule has 1 spiro atoms. The summed E-state index contributed by atoms with van der Waals surface area (Å²) in [6.45, 7) is 3.47. The molecule has 0 aromatic heterocycles. The highest BCUT2D eigenvalue weighted by Crippen LogP contribution is 2.41. The molecule has 0 amide bonds. The number of hydrogen-bond donors (Lipinski definition) is 1. The minimum absolute atomic E-state index is 0.407. The van der Waals surface area contributed by atoms with E-state index in [-0.39, 0.29) is 0 Å². The molecule has 0 bridgehead atoms. The summed E-state index contributed by atoms with van der Waals surface area (Å²) in [6.07, 6.45) is 8.35. The standard InChI is InChI=1S/C18H25ClN2/c19-16-5-3-4-14(10-16)12-21-13-18(8-1-2-9-18)20-11-17(21)15-6-7-15/h3-5,10,15,17,20H,1-2,6-9,11-13H2. The van der Waals surface area contributed by atoms with Crippen LogP contribution in [0.4, 0.5) is 0 Å². The molecule has 1 aromatic carbocycles. The maximum Gasteiger partial charge on any atom is 0.0409 e. The van der Waals surface area contributed by atoms with E-state index in [0.717, 1.165) is 23.5 Å². The summed E-state index contributed by atoms with van der Waals surface area (Å²) in [7, 11) is 0. The van der Waals surface area contributed by atoms with Crippen LogP contribution in [0, 0.1) is 5.92 Å². The number of hydrogen-bond acceptors (Lipinski definition) is 2. The molecule has 1 aromatic rings. The molecule has 2 nitrogen and oxygen atoms in total. The van der Waals surface area contributed by atoms with Gasteiger partial charge in [0.2, 0.25) is 0 Å². The first kappa shape index (κ1) is 14.0. The third kappa shape index (κ3) is 2.99. The Labute approximate surface area is 132 Å². The molecule has 2 aliphatic carbocycles. The molecule has 1 heterocycles. The van der Waals surface area contributed by atoms with E-state index in [1.54, 1.807) is 0 Å². The van der Waals surface area contributed by atoms with E-state index in [1.807, 2.05) is 6.07 Å². The van der Waals surface area contributed by atoms with E-state index in [2.05, 4.69) is 28.4 Å². The number of benzene rings is 1. The van der Waals surface area contributed by atoms with Crippen molar-refractivity contribution in [2.24, 2.45) is 5.92 Å². The number of piperazine rings is 1. The molecule has 1 saturated heterocycles. The third-order valence-corrected chi connectivity index (χ3v) is 5.90. The quantitative estimate of drug-likeness (QED) is 0.913. The second kappa shape index (κ2) is 5.57. The highest BCUT2D eigenvalue weighted by molar-refractivity contribution is 6.30. The minimum Gasteiger partial charge on any atom is -0.308 e. The van der Waals surface area contributed by atoms with Crippen molar-refractivity contribution >= 4 is 11.6 Å². The van der Waals surface area contributed by atoms with Crippen molar-refractivity contribution in [3.63, 3.8) is 0 Å². The lowest BCUT2D eigenvalue weighted by molar-refractivity contribution is 0.0627. The third-order valence-electron chi connectivity index (χ3n) is 5.66. The van der Waals surface area contributed by atoms with Gasteiger partial charge >= 0.3 is 0 Å². The summed E-state index contributed by atoms with van der Waals surface area (Å²) in [5.74, 6) is 0.926. The molecule has 3 aliphatic rings. The van der Waals surface area contributed by atoms with Crippen molar-refractivity contribution in [3.05, 3.63) is 34.9 Å². The van der Waals surface area contributed by atoms with Crippen molar-refractivity contribution in [1.82, 2.24) is 10.2 Å². The van der Waals surface area contributed by atoms with Crippen molar-refractivity contribution in [2.45, 2.75) is 56.7 Å². The fourth-order valence-electron chi connectivity index (χ4n) is 4.39. The lowest BCUT2D eigenvalue weighted by Crippen LogP contribution is -2.63. The summed E-state index contributed by atoms with van der Waals surface area (Å²) in [5.41, 5.74) is 1.77. The van der Waals surface area contributed by atoms with Crippen LogP contribution in [0.3, 0.4) is 0 Å². The van der Waals surface area contributed by atoms with E-state index < -0.39 is 0 Å². The Morgan fingerprint density at radius 3 is 2.76 bits per heavy atom. The van der Waals surface area contributed by atoms with E-state index in [0.29, 0.717) is 5.54 Å². The number of rotatable bonds is 3. The lowest BCUT2D eigenvalue weighted by Gasteiger charge is -2.47. The molecule has 3 fully saturated rings. The second-order valence-corrected chi connectivity index (χ2v) is 7.74. The number of halogens is 1. The largest absolute Gasteiger partial charge is 0.308 e. The summed E-state index contributed by atoms with van der Waals surface area (Å²) < 4.78 is 0. The summed E-state index contributed by atoms with van der Waals surface area (Å²) in [5, 5.41) is 4.79. The van der Waals surface area contributed by atoms with Crippen molar-refractivity contribution in [3.8, 4) is 0 Å². The Morgan fingerprint density at radius 1 is 1.24 bits per heavy atom. The van der Waals surface area contributed by atoms with Crippen molar-refractivity contribution < 1.29 is 0 Å². The highest BCUT2D eigenvalue weighted by Gasteiger charge is 2.45. The van der Waals surface area contributed by atoms with Crippen LogP contribution < -0.4 is 5.32 Å². The summed E-state index contributed by atoms with van der Waals surface area (Å²) in [4.78, 5) is 2.76. The van der Waals surface area contributed by atoms with Crippen molar-refractivity contribution in [1.29, 1.82) is 0 Å². The maximum absolute atomic E-state index is 6.16. The van der Waals surface area contributed by atoms with Crippen LogP contribution in [0.5, 0.6) is 0 Å². The first-order valence-electron chi connectivity index (χ1n) is 8.48. The first-order chi connectivity index (χ1) is 10.2. The molecular weight excluding hydrogens is 280 g/mol. The minimum atomic E-state index is 0.407. The zero-order valence-electron chi connectivity index (χ0n) is 12.7. The van der Waals surface area contributed by atoms with Gasteiger partial charge in [-0.15, -0.1) is 0 Å². The molecule has 3 heteroatoms. The first-order valence-corrected chi connectivity index (χ1v) is 8.85. The Hall–Kier alpha value is -0.570. The Bertz CT molecular complexity index is 506. The summed E-state index contributed by atoms with van der Waals surface area (Å²) >= 11 is 6.16. The van der Waals surface area contributed by atoms with E-state index in [4.69, 9.17) is 11.6 Å². The molecule has 4 rings (SSSR count). The van der Waals surface area contributed by atoms with Gasteiger partial charge in [-0.3, -0.25) is 4.90 Å². The van der Waals surface area contributed by atoms with Crippen LogP contribution >= 0.6 is 11.6 Å². The fraction of sp³-hybridized carbons (Fsp3) is 0.667. The zero-order valence-corrected chi connectivity index (χ0v) is 13.4. The van der Waals surface area contributed by atoms with Crippen LogP contribution in [0.2, 0.25) is 5.02 Å². The molecule has 1 N–H and O–H groups in total. The van der Waals surface area contributed by atoms with Gasteiger partial charge in [0, 0.05) is 36.2 Å². The maximum atomic E-state index is 6.16. The average molecular weight is 305 g/mol. The molecule has 21 heavy (non-hydrogen) atoms. The molecular formula is C18H25ClN2. The molecule has 1 atom stereocenters. The van der Waals surface area contributed by atoms with Crippen LogP contribution in [0.25, 0.3) is 0 Å². The number of nitrogens with zero attached hydrogens (tertiary/aromatic N) is 1. The molecule has 2 saturated carbocycles. The normalized spacial score (nSPS) is 29.1. The lowest BCUT2D eigenvalue weighted by atomic mass is 9.90.